The van der Waals surface area contributed by atoms with E-state index in [1.54, 1.807) is 16.8 Å². The Kier molecular flexibility index (Phi) is 9.30. The predicted octanol–water partition coefficient (Wildman–Crippen LogP) is 0.322. The number of nitrogens with one attached hydrogen (secondary N) is 3. The van der Waals surface area contributed by atoms with Crippen LogP contribution in [0.1, 0.15) is 47.0 Å². The van der Waals surface area contributed by atoms with Gasteiger partial charge in [0.15, 0.2) is 0 Å². The summed E-state index contributed by atoms with van der Waals surface area (Å²) >= 11 is 0. The molecule has 0 bridgehead atoms. The zero-order valence-corrected chi connectivity index (χ0v) is 20.0. The number of hydrogen-bond acceptors (Lipinski definition) is 6. The second kappa shape index (κ2) is 11.5. The van der Waals surface area contributed by atoms with Gasteiger partial charge in [-0.15, -0.1) is 0 Å². The Hall–Kier alpha value is -2.36. The zero-order valence-electron chi connectivity index (χ0n) is 20.0. The van der Waals surface area contributed by atoms with E-state index >= 15 is 0 Å². The smallest absolute Gasteiger partial charge is 0.410 e. The Morgan fingerprint density at radius 1 is 0.969 bits per heavy atom. The largest absolute Gasteiger partial charge is 0.447 e. The highest BCUT2D eigenvalue weighted by Crippen LogP contribution is 2.40. The SMILES string of the molecule is CNCC(=O)NC(CC(C)C)C(=O)NCC(=O)N1CCC2(CC1)CN(C(=O)OC(C)C)C2. The summed E-state index contributed by atoms with van der Waals surface area (Å²) in [6.07, 6.45) is 1.75. The number of carbonyl (C=O) groups excluding carboxylic acids is 4. The molecule has 1 unspecified atom stereocenters. The van der Waals surface area contributed by atoms with Crippen molar-refractivity contribution in [1.29, 1.82) is 0 Å². The number of piperidine rings is 1. The van der Waals surface area contributed by atoms with E-state index in [0.717, 1.165) is 12.8 Å². The minimum atomic E-state index is -0.667. The Balaban J connectivity index is 1.76. The topological polar surface area (TPSA) is 120 Å². The number of ether oxygens (including phenoxy) is 1. The molecule has 182 valence electrons. The van der Waals surface area contributed by atoms with Gasteiger partial charge in [-0.2, -0.15) is 0 Å². The summed E-state index contributed by atoms with van der Waals surface area (Å²) in [6.45, 7) is 10.2. The van der Waals surface area contributed by atoms with Crippen molar-refractivity contribution in [2.45, 2.75) is 59.1 Å². The first-order valence-corrected chi connectivity index (χ1v) is 11.5. The monoisotopic (exact) mass is 453 g/mol. The van der Waals surface area contributed by atoms with E-state index in [1.165, 1.54) is 0 Å². The van der Waals surface area contributed by atoms with Crippen LogP contribution in [0.5, 0.6) is 0 Å². The van der Waals surface area contributed by atoms with Crippen LogP contribution in [-0.4, -0.2) is 92.1 Å². The lowest BCUT2D eigenvalue weighted by molar-refractivity contribution is -0.137. The van der Waals surface area contributed by atoms with Crippen LogP contribution in [0.3, 0.4) is 0 Å². The molecular formula is C22H39N5O5. The van der Waals surface area contributed by atoms with Gasteiger partial charge in [0, 0.05) is 31.6 Å². The fourth-order valence-electron chi connectivity index (χ4n) is 4.22. The quantitative estimate of drug-likeness (QED) is 0.463. The molecule has 2 rings (SSSR count). The van der Waals surface area contributed by atoms with E-state index in [2.05, 4.69) is 16.0 Å². The lowest BCUT2D eigenvalue weighted by atomic mass is 9.72. The van der Waals surface area contributed by atoms with E-state index < -0.39 is 6.04 Å². The number of likely N-dealkylation sites (N-methyl/N-ethyl adjacent to an activating group) is 1. The normalized spacial score (nSPS) is 18.3. The van der Waals surface area contributed by atoms with Gasteiger partial charge in [0.2, 0.25) is 17.7 Å². The Morgan fingerprint density at radius 2 is 1.59 bits per heavy atom. The van der Waals surface area contributed by atoms with E-state index in [9.17, 15) is 19.2 Å². The molecule has 0 aromatic rings. The lowest BCUT2D eigenvalue weighted by Gasteiger charge is -2.53. The molecule has 1 spiro atoms. The predicted molar refractivity (Wildman–Crippen MR) is 120 cm³/mol. The highest BCUT2D eigenvalue weighted by atomic mass is 16.6. The Labute approximate surface area is 190 Å². The maximum atomic E-state index is 12.6. The summed E-state index contributed by atoms with van der Waals surface area (Å²) in [7, 11) is 1.66. The highest BCUT2D eigenvalue weighted by Gasteiger charge is 2.47. The number of rotatable bonds is 9. The summed E-state index contributed by atoms with van der Waals surface area (Å²) in [5, 5.41) is 8.17. The average Bonchev–Trinajstić information content (AvgIpc) is 2.68. The van der Waals surface area contributed by atoms with Crippen molar-refractivity contribution in [3.05, 3.63) is 0 Å². The van der Waals surface area contributed by atoms with Crippen molar-refractivity contribution in [3.8, 4) is 0 Å². The van der Waals surface area contributed by atoms with Gasteiger partial charge >= 0.3 is 6.09 Å². The van der Waals surface area contributed by atoms with E-state index in [4.69, 9.17) is 4.74 Å². The third-order valence-electron chi connectivity index (χ3n) is 5.93. The molecule has 32 heavy (non-hydrogen) atoms. The summed E-state index contributed by atoms with van der Waals surface area (Å²) in [5.41, 5.74) is 0.0655. The number of carbonyl (C=O) groups is 4. The summed E-state index contributed by atoms with van der Waals surface area (Å²) in [6, 6.07) is -0.667. The van der Waals surface area contributed by atoms with Gasteiger partial charge in [-0.1, -0.05) is 13.8 Å². The van der Waals surface area contributed by atoms with Gasteiger partial charge < -0.3 is 30.5 Å². The molecule has 10 heteroatoms. The van der Waals surface area contributed by atoms with Crippen LogP contribution in [0.4, 0.5) is 4.79 Å². The van der Waals surface area contributed by atoms with Crippen molar-refractivity contribution in [1.82, 2.24) is 25.8 Å². The van der Waals surface area contributed by atoms with Crippen LogP contribution in [0.2, 0.25) is 0 Å². The first-order chi connectivity index (χ1) is 15.0. The molecule has 0 saturated carbocycles. The molecule has 0 aliphatic carbocycles. The van der Waals surface area contributed by atoms with Gasteiger partial charge in [0.05, 0.1) is 19.2 Å². The maximum absolute atomic E-state index is 12.6. The third-order valence-corrected chi connectivity index (χ3v) is 5.93. The fraction of sp³-hybridized carbons (Fsp3) is 0.818. The van der Waals surface area contributed by atoms with Crippen molar-refractivity contribution in [2.75, 3.05) is 46.3 Å². The standard InChI is InChI=1S/C22H39N5O5/c1-15(2)10-17(25-18(28)11-23-5)20(30)24-12-19(29)26-8-6-22(7-9-26)13-27(14-22)21(31)32-16(3)4/h15-17,23H,6-14H2,1-5H3,(H,24,30)(H,25,28). The molecule has 0 radical (unpaired) electrons. The van der Waals surface area contributed by atoms with Crippen LogP contribution in [0.15, 0.2) is 0 Å². The summed E-state index contributed by atoms with van der Waals surface area (Å²) in [4.78, 5) is 52.5. The van der Waals surface area contributed by atoms with Crippen LogP contribution in [0, 0.1) is 11.3 Å². The van der Waals surface area contributed by atoms with E-state index in [-0.39, 0.29) is 54.3 Å². The van der Waals surface area contributed by atoms with Crippen LogP contribution >= 0.6 is 0 Å². The molecule has 2 aliphatic heterocycles. The molecule has 2 aliphatic rings. The average molecular weight is 454 g/mol. The Bertz CT molecular complexity index is 680. The van der Waals surface area contributed by atoms with Crippen molar-refractivity contribution in [3.63, 3.8) is 0 Å². The third kappa shape index (κ3) is 7.36. The number of nitrogens with zero attached hydrogens (tertiary/aromatic N) is 2. The number of hydrogen-bond donors (Lipinski definition) is 3. The minimum absolute atomic E-state index is 0.0655. The highest BCUT2D eigenvalue weighted by molar-refractivity contribution is 5.91. The molecule has 2 saturated heterocycles. The summed E-state index contributed by atoms with van der Waals surface area (Å²) < 4.78 is 5.24. The first kappa shape index (κ1) is 25.9. The van der Waals surface area contributed by atoms with Gasteiger partial charge in [0.25, 0.3) is 0 Å². The maximum Gasteiger partial charge on any atom is 0.410 e. The molecule has 0 aromatic carbocycles. The number of amides is 4. The fourth-order valence-corrected chi connectivity index (χ4v) is 4.22. The lowest BCUT2D eigenvalue weighted by Crippen LogP contribution is -2.62. The Morgan fingerprint density at radius 3 is 2.12 bits per heavy atom. The second-order valence-corrected chi connectivity index (χ2v) is 9.67. The van der Waals surface area contributed by atoms with Crippen molar-refractivity contribution in [2.24, 2.45) is 11.3 Å². The van der Waals surface area contributed by atoms with E-state index in [1.807, 2.05) is 27.7 Å². The molecule has 10 nitrogen and oxygen atoms in total. The van der Waals surface area contributed by atoms with Gasteiger partial charge in [-0.05, 0) is 46.1 Å². The van der Waals surface area contributed by atoms with Crippen LogP contribution < -0.4 is 16.0 Å². The van der Waals surface area contributed by atoms with Crippen LogP contribution in [0.25, 0.3) is 0 Å². The molecule has 4 amide bonds. The zero-order chi connectivity index (χ0) is 23.9. The molecule has 0 aromatic heterocycles. The van der Waals surface area contributed by atoms with Crippen LogP contribution in [-0.2, 0) is 19.1 Å². The van der Waals surface area contributed by atoms with Crippen molar-refractivity contribution >= 4 is 23.8 Å². The minimum Gasteiger partial charge on any atom is -0.447 e. The molecule has 2 fully saturated rings. The molecule has 2 heterocycles. The summed E-state index contributed by atoms with van der Waals surface area (Å²) in [5.74, 6) is -0.515. The van der Waals surface area contributed by atoms with Gasteiger partial charge in [-0.25, -0.2) is 4.79 Å². The molecular weight excluding hydrogens is 414 g/mol. The van der Waals surface area contributed by atoms with Gasteiger partial charge in [0.1, 0.15) is 6.04 Å². The molecule has 1 atom stereocenters. The van der Waals surface area contributed by atoms with Crippen molar-refractivity contribution < 1.29 is 23.9 Å². The first-order valence-electron chi connectivity index (χ1n) is 11.5. The second-order valence-electron chi connectivity index (χ2n) is 9.67. The van der Waals surface area contributed by atoms with E-state index in [0.29, 0.717) is 32.6 Å². The molecule has 3 N–H and O–H groups in total. The van der Waals surface area contributed by atoms with Gasteiger partial charge in [-0.3, -0.25) is 14.4 Å². The number of likely N-dealkylation sites (tertiary alicyclic amines) is 2.